The topological polar surface area (TPSA) is 96.9 Å². The third kappa shape index (κ3) is 4.61. The second-order valence-electron chi connectivity index (χ2n) is 8.62. The molecule has 4 aromatic rings. The highest BCUT2D eigenvalue weighted by Gasteiger charge is 2.14. The van der Waals surface area contributed by atoms with Crippen LogP contribution in [0, 0.1) is 12.3 Å². The highest BCUT2D eigenvalue weighted by molar-refractivity contribution is 5.95. The van der Waals surface area contributed by atoms with E-state index < -0.39 is 0 Å². The van der Waals surface area contributed by atoms with E-state index in [0.29, 0.717) is 22.9 Å². The van der Waals surface area contributed by atoms with Gasteiger partial charge in [0.15, 0.2) is 5.82 Å². The quantitative estimate of drug-likeness (QED) is 0.210. The molecule has 178 valence electrons. The number of anilines is 3. The van der Waals surface area contributed by atoms with Crippen LogP contribution in [0.4, 0.5) is 17.2 Å². The molecule has 0 aliphatic heterocycles. The van der Waals surface area contributed by atoms with Gasteiger partial charge in [0.1, 0.15) is 11.6 Å². The number of nitrogens with one attached hydrogen (secondary N) is 2. The molecule has 0 amide bonds. The van der Waals surface area contributed by atoms with Crippen molar-refractivity contribution in [1.82, 2.24) is 9.97 Å². The molecule has 0 bridgehead atoms. The molecule has 0 fully saturated rings. The molecule has 4 N–H and O–H groups in total. The van der Waals surface area contributed by atoms with Gasteiger partial charge in [-0.2, -0.15) is 0 Å². The van der Waals surface area contributed by atoms with Gasteiger partial charge in [-0.25, -0.2) is 9.97 Å². The Morgan fingerprint density at radius 1 is 1.03 bits per heavy atom. The number of hydrogen-bond donors (Lipinski definition) is 3. The molecular formula is C30H27N5O. The van der Waals surface area contributed by atoms with Crippen LogP contribution < -0.4 is 15.8 Å². The van der Waals surface area contributed by atoms with Gasteiger partial charge in [-0.1, -0.05) is 48.6 Å². The third-order valence-corrected chi connectivity index (χ3v) is 6.15. The number of aryl methyl sites for hydroxylation is 1. The zero-order valence-electron chi connectivity index (χ0n) is 20.2. The van der Waals surface area contributed by atoms with Gasteiger partial charge in [0, 0.05) is 40.2 Å². The molecule has 1 aromatic heterocycles. The molecule has 0 saturated heterocycles. The lowest BCUT2D eigenvalue weighted by Gasteiger charge is -2.14. The average Bonchev–Trinajstić information content (AvgIpc) is 3.19. The van der Waals surface area contributed by atoms with Crippen molar-refractivity contribution in [2.45, 2.75) is 13.3 Å². The Morgan fingerprint density at radius 2 is 1.89 bits per heavy atom. The normalized spacial score (nSPS) is 12.8. The van der Waals surface area contributed by atoms with Crippen LogP contribution in [-0.2, 0) is 0 Å². The Kier molecular flexibility index (Phi) is 6.33. The van der Waals surface area contributed by atoms with Crippen molar-refractivity contribution in [3.8, 4) is 17.1 Å². The highest BCUT2D eigenvalue weighted by Crippen LogP contribution is 2.33. The van der Waals surface area contributed by atoms with Crippen LogP contribution in [0.2, 0.25) is 0 Å². The van der Waals surface area contributed by atoms with Gasteiger partial charge in [0.25, 0.3) is 0 Å². The maximum absolute atomic E-state index is 7.64. The molecule has 6 nitrogen and oxygen atoms in total. The number of fused-ring (bicyclic) bond motifs is 1. The van der Waals surface area contributed by atoms with Gasteiger partial charge in [-0.3, -0.25) is 0 Å². The SMILES string of the molecule is COc1cc2nc(-c3cccc(C4=CC=CCC=C4)c3)nc(Nc3ccc(N)c(C=N)c3)c2cc1C. The molecule has 1 heterocycles. The number of allylic oxidation sites excluding steroid dienone is 6. The number of nitrogens with two attached hydrogens (primary N) is 1. The van der Waals surface area contributed by atoms with Crippen molar-refractivity contribution in [2.75, 3.05) is 18.2 Å². The van der Waals surface area contributed by atoms with Gasteiger partial charge >= 0.3 is 0 Å². The summed E-state index contributed by atoms with van der Waals surface area (Å²) in [5.41, 5.74) is 12.9. The molecule has 0 spiro atoms. The van der Waals surface area contributed by atoms with E-state index >= 15 is 0 Å². The first kappa shape index (κ1) is 23.1. The Labute approximate surface area is 210 Å². The molecule has 0 saturated carbocycles. The van der Waals surface area contributed by atoms with E-state index in [-0.39, 0.29) is 0 Å². The van der Waals surface area contributed by atoms with Crippen LogP contribution in [0.15, 0.2) is 85.0 Å². The molecule has 6 heteroatoms. The summed E-state index contributed by atoms with van der Waals surface area (Å²) in [6.07, 6.45) is 12.8. The van der Waals surface area contributed by atoms with E-state index in [1.54, 1.807) is 13.2 Å². The molecule has 3 aromatic carbocycles. The molecular weight excluding hydrogens is 446 g/mol. The fourth-order valence-corrected chi connectivity index (χ4v) is 4.23. The summed E-state index contributed by atoms with van der Waals surface area (Å²) < 4.78 is 5.57. The lowest BCUT2D eigenvalue weighted by molar-refractivity contribution is 0.412. The summed E-state index contributed by atoms with van der Waals surface area (Å²) in [5.74, 6) is 2.04. The minimum absolute atomic E-state index is 0.554. The Morgan fingerprint density at radius 3 is 2.72 bits per heavy atom. The lowest BCUT2D eigenvalue weighted by Crippen LogP contribution is -2.02. The van der Waals surface area contributed by atoms with Crippen molar-refractivity contribution >= 4 is 39.9 Å². The fourth-order valence-electron chi connectivity index (χ4n) is 4.23. The second-order valence-corrected chi connectivity index (χ2v) is 8.62. The molecule has 0 atom stereocenters. The van der Waals surface area contributed by atoms with Gasteiger partial charge in [0.2, 0.25) is 0 Å². The number of benzene rings is 3. The zero-order valence-corrected chi connectivity index (χ0v) is 20.2. The minimum atomic E-state index is 0.554. The number of hydrogen-bond acceptors (Lipinski definition) is 6. The largest absolute Gasteiger partial charge is 0.496 e. The van der Waals surface area contributed by atoms with Gasteiger partial charge in [-0.05, 0) is 60.4 Å². The molecule has 36 heavy (non-hydrogen) atoms. The molecule has 0 unspecified atom stereocenters. The van der Waals surface area contributed by atoms with E-state index in [0.717, 1.165) is 51.0 Å². The lowest BCUT2D eigenvalue weighted by atomic mass is 10.0. The summed E-state index contributed by atoms with van der Waals surface area (Å²) in [4.78, 5) is 9.85. The summed E-state index contributed by atoms with van der Waals surface area (Å²) in [6, 6.07) is 17.7. The van der Waals surface area contributed by atoms with E-state index in [1.165, 1.54) is 6.21 Å². The number of nitrogens with zero attached hydrogens (tertiary/aromatic N) is 2. The molecule has 0 radical (unpaired) electrons. The van der Waals surface area contributed by atoms with Crippen LogP contribution in [-0.4, -0.2) is 23.3 Å². The Bertz CT molecular complexity index is 1570. The maximum Gasteiger partial charge on any atom is 0.162 e. The van der Waals surface area contributed by atoms with E-state index in [1.807, 2.05) is 43.3 Å². The maximum atomic E-state index is 7.64. The number of methoxy groups -OCH3 is 1. The standard InChI is InChI=1S/C30H27N5O/c1-19-14-25-27(17-28(19)36-2)34-29(35-30(25)33-24-12-13-26(32)23(16-24)18-31)22-11-7-10-21(15-22)20-8-5-3-4-6-9-20/h3,5-18,31H,4,32H2,1-2H3,(H,33,34,35). The summed E-state index contributed by atoms with van der Waals surface area (Å²) in [6.45, 7) is 2.00. The first-order chi connectivity index (χ1) is 17.6. The van der Waals surface area contributed by atoms with E-state index in [9.17, 15) is 0 Å². The summed E-state index contributed by atoms with van der Waals surface area (Å²) >= 11 is 0. The van der Waals surface area contributed by atoms with Crippen LogP contribution >= 0.6 is 0 Å². The first-order valence-corrected chi connectivity index (χ1v) is 11.7. The van der Waals surface area contributed by atoms with Crippen LogP contribution in [0.1, 0.15) is 23.1 Å². The van der Waals surface area contributed by atoms with Crippen molar-refractivity contribution in [3.63, 3.8) is 0 Å². The number of nitrogen functional groups attached to an aromatic ring is 1. The fraction of sp³-hybridized carbons (Fsp3) is 0.100. The van der Waals surface area contributed by atoms with E-state index in [2.05, 4.69) is 47.8 Å². The highest BCUT2D eigenvalue weighted by atomic mass is 16.5. The monoisotopic (exact) mass is 473 g/mol. The van der Waals surface area contributed by atoms with Crippen molar-refractivity contribution in [1.29, 1.82) is 5.41 Å². The van der Waals surface area contributed by atoms with Gasteiger partial charge < -0.3 is 21.2 Å². The molecule has 1 aliphatic rings. The minimum Gasteiger partial charge on any atom is -0.496 e. The zero-order chi connectivity index (χ0) is 25.1. The molecule has 5 rings (SSSR count). The predicted octanol–water partition coefficient (Wildman–Crippen LogP) is 6.84. The summed E-state index contributed by atoms with van der Waals surface area (Å²) in [7, 11) is 1.66. The Balaban J connectivity index is 1.65. The first-order valence-electron chi connectivity index (χ1n) is 11.7. The smallest absolute Gasteiger partial charge is 0.162 e. The second kappa shape index (κ2) is 9.88. The average molecular weight is 474 g/mol. The number of ether oxygens (including phenoxy) is 1. The van der Waals surface area contributed by atoms with Crippen LogP contribution in [0.5, 0.6) is 5.75 Å². The van der Waals surface area contributed by atoms with Crippen molar-refractivity contribution < 1.29 is 4.74 Å². The van der Waals surface area contributed by atoms with Crippen molar-refractivity contribution in [2.24, 2.45) is 0 Å². The number of aromatic nitrogens is 2. The van der Waals surface area contributed by atoms with Crippen molar-refractivity contribution in [3.05, 3.63) is 102 Å². The number of rotatable bonds is 6. The molecule has 1 aliphatic carbocycles. The van der Waals surface area contributed by atoms with Crippen LogP contribution in [0.25, 0.3) is 27.9 Å². The van der Waals surface area contributed by atoms with E-state index in [4.69, 9.17) is 25.8 Å². The van der Waals surface area contributed by atoms with Gasteiger partial charge in [-0.15, -0.1) is 0 Å². The predicted molar refractivity (Wildman–Crippen MR) is 149 cm³/mol. The third-order valence-electron chi connectivity index (χ3n) is 6.15. The van der Waals surface area contributed by atoms with Crippen LogP contribution in [0.3, 0.4) is 0 Å². The summed E-state index contributed by atoms with van der Waals surface area (Å²) in [5, 5.41) is 11.9. The Hall–Kier alpha value is -4.71. The van der Waals surface area contributed by atoms with Gasteiger partial charge in [0.05, 0.1) is 12.6 Å².